The van der Waals surface area contributed by atoms with Crippen molar-refractivity contribution in [3.05, 3.63) is 133 Å². The molecule has 12 heteroatoms. The van der Waals surface area contributed by atoms with Crippen LogP contribution < -0.4 is 24.8 Å². The van der Waals surface area contributed by atoms with E-state index in [1.165, 1.54) is 31.3 Å². The summed E-state index contributed by atoms with van der Waals surface area (Å²) in [6.45, 7) is 0. The Morgan fingerprint density at radius 1 is 0.578 bits per heavy atom. The Hall–Kier alpha value is -3.49. The number of nitrogens with two attached hydrogens (primary N) is 1. The number of rotatable bonds is 6. The highest BCUT2D eigenvalue weighted by Gasteiger charge is 2.25. The van der Waals surface area contributed by atoms with Crippen LogP contribution in [0.2, 0.25) is 0 Å². The first kappa shape index (κ1) is 36.0. The molecule has 236 valence electrons. The van der Waals surface area contributed by atoms with E-state index in [1.807, 2.05) is 24.3 Å². The van der Waals surface area contributed by atoms with Gasteiger partial charge in [0.15, 0.2) is 11.6 Å². The molecule has 0 amide bonds. The SMILES string of the molecule is COc1ccccc1I.COc1ccccc1N(c1ccccc1OC)c1c(F)cc(Br)cc1F.Nc1c(F)cc(Br)cc1F. The summed E-state index contributed by atoms with van der Waals surface area (Å²) in [7, 11) is 4.69. The van der Waals surface area contributed by atoms with Crippen molar-refractivity contribution >= 4 is 77.2 Å². The van der Waals surface area contributed by atoms with Gasteiger partial charge >= 0.3 is 0 Å². The van der Waals surface area contributed by atoms with Crippen LogP contribution in [0.5, 0.6) is 17.2 Å². The van der Waals surface area contributed by atoms with Gasteiger partial charge in [0.1, 0.15) is 40.3 Å². The number of hydrogen-bond acceptors (Lipinski definition) is 5. The highest BCUT2D eigenvalue weighted by atomic mass is 127. The lowest BCUT2D eigenvalue weighted by Crippen LogP contribution is -2.15. The van der Waals surface area contributed by atoms with Gasteiger partial charge in [-0.2, -0.15) is 0 Å². The molecule has 0 saturated heterocycles. The predicted molar refractivity (Wildman–Crippen MR) is 186 cm³/mol. The van der Waals surface area contributed by atoms with Gasteiger partial charge in [0.25, 0.3) is 0 Å². The van der Waals surface area contributed by atoms with E-state index < -0.39 is 29.0 Å². The summed E-state index contributed by atoms with van der Waals surface area (Å²) in [5, 5.41) is 0. The smallest absolute Gasteiger partial charge is 0.151 e. The van der Waals surface area contributed by atoms with Gasteiger partial charge in [-0.1, -0.05) is 68.3 Å². The normalized spacial score (nSPS) is 10.1. The lowest BCUT2D eigenvalue weighted by molar-refractivity contribution is 0.412. The minimum absolute atomic E-state index is 0.220. The van der Waals surface area contributed by atoms with Crippen molar-refractivity contribution in [2.24, 2.45) is 0 Å². The van der Waals surface area contributed by atoms with Gasteiger partial charge < -0.3 is 19.9 Å². The van der Waals surface area contributed by atoms with Crippen molar-refractivity contribution in [3.63, 3.8) is 0 Å². The molecule has 5 aromatic rings. The molecule has 5 nitrogen and oxygen atoms in total. The van der Waals surface area contributed by atoms with Gasteiger partial charge in [-0.05, 0) is 83.3 Å². The summed E-state index contributed by atoms with van der Waals surface area (Å²) in [5.74, 6) is -1.03. The fourth-order valence-corrected chi connectivity index (χ4v) is 5.32. The Morgan fingerprint density at radius 3 is 1.31 bits per heavy atom. The molecular weight excluding hydrogens is 835 g/mol. The fourth-order valence-electron chi connectivity index (χ4n) is 3.91. The Morgan fingerprint density at radius 2 is 0.933 bits per heavy atom. The van der Waals surface area contributed by atoms with Gasteiger partial charge in [0.2, 0.25) is 0 Å². The second-order valence-corrected chi connectivity index (χ2v) is 11.8. The largest absolute Gasteiger partial charge is 0.496 e. The predicted octanol–water partition coefficient (Wildman–Crippen LogP) is 10.8. The zero-order valence-electron chi connectivity index (χ0n) is 24.1. The first-order chi connectivity index (χ1) is 21.5. The van der Waals surface area contributed by atoms with E-state index >= 15 is 0 Å². The Labute approximate surface area is 289 Å². The average Bonchev–Trinajstić information content (AvgIpc) is 3.02. The molecule has 0 atom stereocenters. The molecule has 0 saturated carbocycles. The molecule has 2 N–H and O–H groups in total. The van der Waals surface area contributed by atoms with E-state index in [2.05, 4.69) is 54.5 Å². The number of ether oxygens (including phenoxy) is 3. The van der Waals surface area contributed by atoms with Crippen molar-refractivity contribution < 1.29 is 31.8 Å². The number of hydrogen-bond donors (Lipinski definition) is 1. The zero-order chi connectivity index (χ0) is 33.1. The third kappa shape index (κ3) is 9.50. The molecule has 0 fully saturated rings. The van der Waals surface area contributed by atoms with Crippen LogP contribution in [0.3, 0.4) is 0 Å². The summed E-state index contributed by atoms with van der Waals surface area (Å²) in [5.41, 5.74) is 5.29. The van der Waals surface area contributed by atoms with Gasteiger partial charge in [0, 0.05) is 8.95 Å². The maximum atomic E-state index is 14.8. The monoisotopic (exact) mass is 860 g/mol. The summed E-state index contributed by atoms with van der Waals surface area (Å²) < 4.78 is 72.2. The fraction of sp³-hybridized carbons (Fsp3) is 0.0909. The number of nitrogens with zero attached hydrogens (tertiary/aromatic N) is 1. The first-order valence-electron chi connectivity index (χ1n) is 12.9. The number of halogens is 7. The van der Waals surface area contributed by atoms with E-state index in [1.54, 1.807) is 55.6 Å². The van der Waals surface area contributed by atoms with Crippen LogP contribution in [-0.2, 0) is 0 Å². The first-order valence-corrected chi connectivity index (χ1v) is 15.6. The Bertz CT molecular complexity index is 1650. The topological polar surface area (TPSA) is 57.0 Å². The molecule has 0 aliphatic rings. The number of benzene rings is 5. The average molecular weight is 862 g/mol. The molecule has 0 bridgehead atoms. The summed E-state index contributed by atoms with van der Waals surface area (Å²) in [6.07, 6.45) is 0. The molecule has 5 rings (SSSR count). The van der Waals surface area contributed by atoms with Crippen LogP contribution in [0.25, 0.3) is 0 Å². The molecule has 0 aromatic heterocycles. The molecule has 0 heterocycles. The van der Waals surface area contributed by atoms with Crippen LogP contribution in [0.1, 0.15) is 0 Å². The van der Waals surface area contributed by atoms with Gasteiger partial charge in [-0.15, -0.1) is 0 Å². The van der Waals surface area contributed by atoms with Crippen LogP contribution in [0, 0.1) is 26.8 Å². The molecular formula is C33H27Br2F4IN2O3. The minimum atomic E-state index is -0.744. The van der Waals surface area contributed by atoms with Crippen molar-refractivity contribution in [1.82, 2.24) is 0 Å². The van der Waals surface area contributed by atoms with Crippen LogP contribution in [-0.4, -0.2) is 21.3 Å². The van der Waals surface area contributed by atoms with E-state index in [-0.39, 0.29) is 5.69 Å². The molecule has 0 unspecified atom stereocenters. The third-order valence-corrected chi connectivity index (χ3v) is 7.76. The van der Waals surface area contributed by atoms with Crippen LogP contribution in [0.15, 0.2) is 106 Å². The third-order valence-electron chi connectivity index (χ3n) is 5.96. The molecule has 45 heavy (non-hydrogen) atoms. The van der Waals surface area contributed by atoms with Crippen molar-refractivity contribution in [1.29, 1.82) is 0 Å². The number of anilines is 4. The lowest BCUT2D eigenvalue weighted by atomic mass is 10.1. The number of methoxy groups -OCH3 is 3. The van der Waals surface area contributed by atoms with E-state index in [0.717, 1.165) is 21.5 Å². The Kier molecular flexibility index (Phi) is 13.8. The van der Waals surface area contributed by atoms with E-state index in [0.29, 0.717) is 31.8 Å². The maximum absolute atomic E-state index is 14.8. The molecule has 0 radical (unpaired) electrons. The van der Waals surface area contributed by atoms with Gasteiger partial charge in [0.05, 0.1) is 36.3 Å². The summed E-state index contributed by atoms with van der Waals surface area (Å²) in [4.78, 5) is 1.45. The quantitative estimate of drug-likeness (QED) is 0.105. The van der Waals surface area contributed by atoms with Crippen molar-refractivity contribution in [3.8, 4) is 17.2 Å². The minimum Gasteiger partial charge on any atom is -0.496 e. The second kappa shape index (κ2) is 17.3. The molecule has 5 aromatic carbocycles. The summed E-state index contributed by atoms with van der Waals surface area (Å²) in [6, 6.07) is 26.6. The van der Waals surface area contributed by atoms with E-state index in [4.69, 9.17) is 19.9 Å². The highest BCUT2D eigenvalue weighted by Crippen LogP contribution is 2.45. The zero-order valence-corrected chi connectivity index (χ0v) is 29.5. The lowest BCUT2D eigenvalue weighted by Gasteiger charge is -2.28. The Balaban J connectivity index is 0.000000236. The van der Waals surface area contributed by atoms with Crippen LogP contribution >= 0.6 is 54.5 Å². The summed E-state index contributed by atoms with van der Waals surface area (Å²) >= 11 is 8.26. The highest BCUT2D eigenvalue weighted by molar-refractivity contribution is 14.1. The molecule has 0 aliphatic heterocycles. The number of para-hydroxylation sites is 5. The second-order valence-electron chi connectivity index (χ2n) is 8.81. The van der Waals surface area contributed by atoms with Gasteiger partial charge in [-0.3, -0.25) is 4.90 Å². The van der Waals surface area contributed by atoms with Gasteiger partial charge in [-0.25, -0.2) is 17.6 Å². The molecule has 0 aliphatic carbocycles. The molecule has 0 spiro atoms. The van der Waals surface area contributed by atoms with Crippen molar-refractivity contribution in [2.75, 3.05) is 32.0 Å². The maximum Gasteiger partial charge on any atom is 0.151 e. The van der Waals surface area contributed by atoms with Crippen LogP contribution in [0.4, 0.5) is 40.3 Å². The number of nitrogen functional groups attached to an aromatic ring is 1. The standard InChI is InChI=1S/C20H16BrF2NO2.C7H7IO.C6H4BrF2N/c1-25-18-9-5-3-7-16(18)24(17-8-4-6-10-19(17)26-2)20-14(22)11-13(21)12-15(20)23;1-9-7-5-3-2-4-6(7)8;7-3-1-4(8)6(10)5(9)2-3/h3-12H,1-2H3;2-5H,1H3;1-2H,10H2. The van der Waals surface area contributed by atoms with Crippen molar-refractivity contribution in [2.45, 2.75) is 0 Å². The van der Waals surface area contributed by atoms with E-state index in [9.17, 15) is 17.6 Å².